The van der Waals surface area contributed by atoms with Crippen molar-refractivity contribution in [1.82, 2.24) is 0 Å². The maximum absolute atomic E-state index is 12.7. The fourth-order valence-electron chi connectivity index (χ4n) is 6.25. The number of carbonyl (C=O) groups is 2. The summed E-state index contributed by atoms with van der Waals surface area (Å²) in [6.45, 7) is 3.90. The van der Waals surface area contributed by atoms with Crippen LogP contribution < -0.4 is 0 Å². The van der Waals surface area contributed by atoms with Gasteiger partial charge in [-0.25, -0.2) is 4.57 Å². The van der Waals surface area contributed by atoms with Crippen LogP contribution in [0.5, 0.6) is 0 Å². The third-order valence-corrected chi connectivity index (χ3v) is 11.0. The molecule has 0 heterocycles. The standard InChI is InChI=1S/C50H90NO9P/c1-6-7-8-9-10-11-12-13-14-15-16-17-20-24-27-30-33-36-39-42-50(54)60-48(46-59-61(55,56)58-44-43-51(3,4)5)45-57-49(53)41-38-35-32-29-26-23-21-18-19-22-25-28-31-34-37-40-47(2)52/h13-14,19,21-23,28-29,31-32,47-48,52H,6-12,15-18,20,24-27,30,33-46H2,1-5H3/p+1/b14-13-,22-19-,23-21-,31-28-,32-29-/t47-,48-/m1/s1. The van der Waals surface area contributed by atoms with Crippen LogP contribution in [0.1, 0.15) is 187 Å². The lowest BCUT2D eigenvalue weighted by atomic mass is 10.1. The molecule has 0 aliphatic heterocycles. The molecule has 11 heteroatoms. The second-order valence-electron chi connectivity index (χ2n) is 17.4. The minimum atomic E-state index is -4.40. The summed E-state index contributed by atoms with van der Waals surface area (Å²) in [5, 5.41) is 9.28. The summed E-state index contributed by atoms with van der Waals surface area (Å²) < 4.78 is 34.3. The summed E-state index contributed by atoms with van der Waals surface area (Å²) in [5.41, 5.74) is 0. The number of hydrogen-bond acceptors (Lipinski definition) is 8. The fraction of sp³-hybridized carbons (Fsp3) is 0.760. The molecule has 2 N–H and O–H groups in total. The van der Waals surface area contributed by atoms with Crippen molar-refractivity contribution < 1.29 is 47.2 Å². The highest BCUT2D eigenvalue weighted by Gasteiger charge is 2.27. The number of likely N-dealkylation sites (N-methyl/N-ethyl adjacent to an activating group) is 1. The minimum Gasteiger partial charge on any atom is -0.462 e. The molecule has 0 saturated heterocycles. The highest BCUT2D eigenvalue weighted by Crippen LogP contribution is 2.43. The summed E-state index contributed by atoms with van der Waals surface area (Å²) >= 11 is 0. The van der Waals surface area contributed by atoms with Gasteiger partial charge in [-0.1, -0.05) is 145 Å². The van der Waals surface area contributed by atoms with Gasteiger partial charge in [-0.15, -0.1) is 0 Å². The van der Waals surface area contributed by atoms with Crippen LogP contribution in [0.3, 0.4) is 0 Å². The summed E-state index contributed by atoms with van der Waals surface area (Å²) in [6, 6.07) is 0. The average Bonchev–Trinajstić information content (AvgIpc) is 3.20. The van der Waals surface area contributed by atoms with Crippen molar-refractivity contribution in [2.45, 2.75) is 199 Å². The zero-order valence-corrected chi connectivity index (χ0v) is 40.4. The van der Waals surface area contributed by atoms with Crippen molar-refractivity contribution in [3.63, 3.8) is 0 Å². The number of hydrogen-bond donors (Lipinski definition) is 2. The number of unbranched alkanes of at least 4 members (excludes halogenated alkanes) is 17. The molecule has 61 heavy (non-hydrogen) atoms. The van der Waals surface area contributed by atoms with Crippen LogP contribution >= 0.6 is 7.82 Å². The van der Waals surface area contributed by atoms with Crippen LogP contribution in [0.4, 0.5) is 0 Å². The predicted molar refractivity (Wildman–Crippen MR) is 253 cm³/mol. The Kier molecular flexibility index (Phi) is 40.1. The Morgan fingerprint density at radius 1 is 0.574 bits per heavy atom. The third kappa shape index (κ3) is 47.0. The molecule has 10 nitrogen and oxygen atoms in total. The first-order valence-electron chi connectivity index (χ1n) is 24.0. The molecule has 0 aromatic carbocycles. The van der Waals surface area contributed by atoms with Crippen molar-refractivity contribution in [2.75, 3.05) is 47.5 Å². The number of nitrogens with zero attached hydrogens (tertiary/aromatic N) is 1. The lowest BCUT2D eigenvalue weighted by Crippen LogP contribution is -2.37. The largest absolute Gasteiger partial charge is 0.472 e. The van der Waals surface area contributed by atoms with Gasteiger partial charge in [0.2, 0.25) is 0 Å². The van der Waals surface area contributed by atoms with Gasteiger partial charge in [-0.05, 0) is 90.4 Å². The van der Waals surface area contributed by atoms with Crippen LogP contribution in [-0.4, -0.2) is 86.1 Å². The quantitative estimate of drug-likeness (QED) is 0.0202. The Balaban J connectivity index is 4.39. The number of phosphoric ester groups is 1. The molecular formula is C50H91NO9P+. The Hall–Kier alpha value is -2.33. The predicted octanol–water partition coefficient (Wildman–Crippen LogP) is 13.0. The number of rotatable bonds is 43. The first-order chi connectivity index (χ1) is 29.3. The number of allylic oxidation sites excluding steroid dienone is 10. The molecule has 0 saturated carbocycles. The van der Waals surface area contributed by atoms with E-state index in [0.29, 0.717) is 23.9 Å². The first kappa shape index (κ1) is 58.7. The summed E-state index contributed by atoms with van der Waals surface area (Å²) in [6.07, 6.45) is 48.3. The molecular weight excluding hydrogens is 790 g/mol. The molecule has 0 aromatic rings. The lowest BCUT2D eigenvalue weighted by Gasteiger charge is -2.24. The summed E-state index contributed by atoms with van der Waals surface area (Å²) in [5.74, 6) is -0.884. The van der Waals surface area contributed by atoms with Crippen molar-refractivity contribution in [3.05, 3.63) is 60.8 Å². The second-order valence-corrected chi connectivity index (χ2v) is 18.9. The van der Waals surface area contributed by atoms with Crippen LogP contribution in [0, 0.1) is 0 Å². The Labute approximate surface area is 373 Å². The number of carbonyl (C=O) groups excluding carboxylic acids is 2. The van der Waals surface area contributed by atoms with Gasteiger partial charge in [0.25, 0.3) is 0 Å². The molecule has 0 fully saturated rings. The molecule has 354 valence electrons. The summed E-state index contributed by atoms with van der Waals surface area (Å²) in [4.78, 5) is 35.4. The maximum atomic E-state index is 12.7. The van der Waals surface area contributed by atoms with E-state index in [1.807, 2.05) is 34.1 Å². The Bertz CT molecular complexity index is 1240. The number of aliphatic hydroxyl groups excluding tert-OH is 1. The van der Waals surface area contributed by atoms with E-state index in [-0.39, 0.29) is 32.2 Å². The van der Waals surface area contributed by atoms with Crippen LogP contribution in [0.25, 0.3) is 0 Å². The van der Waals surface area contributed by atoms with E-state index in [2.05, 4.69) is 61.6 Å². The number of ether oxygens (including phenoxy) is 2. The van der Waals surface area contributed by atoms with Crippen LogP contribution in [0.15, 0.2) is 60.8 Å². The fourth-order valence-corrected chi connectivity index (χ4v) is 7.00. The van der Waals surface area contributed by atoms with E-state index in [1.165, 1.54) is 83.5 Å². The van der Waals surface area contributed by atoms with E-state index in [9.17, 15) is 24.2 Å². The zero-order valence-electron chi connectivity index (χ0n) is 39.5. The first-order valence-corrected chi connectivity index (χ1v) is 25.5. The van der Waals surface area contributed by atoms with Crippen molar-refractivity contribution in [1.29, 1.82) is 0 Å². The molecule has 0 rings (SSSR count). The van der Waals surface area contributed by atoms with Gasteiger partial charge in [0.1, 0.15) is 19.8 Å². The molecule has 0 aliphatic carbocycles. The monoisotopic (exact) mass is 881 g/mol. The number of esters is 2. The molecule has 0 amide bonds. The highest BCUT2D eigenvalue weighted by molar-refractivity contribution is 7.47. The molecule has 0 radical (unpaired) electrons. The van der Waals surface area contributed by atoms with Gasteiger partial charge in [0, 0.05) is 12.8 Å². The lowest BCUT2D eigenvalue weighted by molar-refractivity contribution is -0.870. The van der Waals surface area contributed by atoms with Crippen LogP contribution in [0.2, 0.25) is 0 Å². The number of aliphatic hydroxyl groups is 1. The maximum Gasteiger partial charge on any atom is 0.472 e. The van der Waals surface area contributed by atoms with E-state index in [0.717, 1.165) is 64.2 Å². The topological polar surface area (TPSA) is 129 Å². The molecule has 1 unspecified atom stereocenters. The number of phosphoric acid groups is 1. The zero-order chi connectivity index (χ0) is 45.1. The van der Waals surface area contributed by atoms with Gasteiger partial charge in [0.15, 0.2) is 6.10 Å². The third-order valence-electron chi connectivity index (χ3n) is 10.0. The molecule has 0 aliphatic rings. The second kappa shape index (κ2) is 41.7. The van der Waals surface area contributed by atoms with Crippen LogP contribution in [-0.2, 0) is 32.7 Å². The van der Waals surface area contributed by atoms with E-state index in [4.69, 9.17) is 18.5 Å². The van der Waals surface area contributed by atoms with Gasteiger partial charge in [-0.2, -0.15) is 0 Å². The summed E-state index contributed by atoms with van der Waals surface area (Å²) in [7, 11) is 1.42. The normalized spacial score (nSPS) is 14.5. The highest BCUT2D eigenvalue weighted by atomic mass is 31.2. The van der Waals surface area contributed by atoms with Crippen molar-refractivity contribution >= 4 is 19.8 Å². The van der Waals surface area contributed by atoms with E-state index in [1.54, 1.807) is 0 Å². The Morgan fingerprint density at radius 2 is 1.02 bits per heavy atom. The Morgan fingerprint density at radius 3 is 1.54 bits per heavy atom. The number of quaternary nitrogens is 1. The van der Waals surface area contributed by atoms with Crippen molar-refractivity contribution in [3.8, 4) is 0 Å². The van der Waals surface area contributed by atoms with Gasteiger partial charge >= 0.3 is 19.8 Å². The van der Waals surface area contributed by atoms with Gasteiger partial charge < -0.3 is 24.0 Å². The van der Waals surface area contributed by atoms with E-state index >= 15 is 0 Å². The molecule has 3 atom stereocenters. The SMILES string of the molecule is CCCCCCCC/C=C\CCCCCCCCCCCC(=O)O[C@H](COC(=O)CCC/C=C\C/C=C\C/C=C\C/C=C\CCC[C@@H](C)O)COP(=O)(O)OCC[N+](C)(C)C. The van der Waals surface area contributed by atoms with Gasteiger partial charge in [-0.3, -0.25) is 18.6 Å². The van der Waals surface area contributed by atoms with Gasteiger partial charge in [0.05, 0.1) is 33.9 Å². The minimum absolute atomic E-state index is 0.0155. The average molecular weight is 881 g/mol. The molecule has 0 bridgehead atoms. The van der Waals surface area contributed by atoms with E-state index < -0.39 is 32.5 Å². The van der Waals surface area contributed by atoms with Crippen molar-refractivity contribution in [2.24, 2.45) is 0 Å². The molecule has 0 aromatic heterocycles. The smallest absolute Gasteiger partial charge is 0.462 e. The molecule has 0 spiro atoms.